The predicted molar refractivity (Wildman–Crippen MR) is 15.1 cm³/mol. The van der Waals surface area contributed by atoms with Gasteiger partial charge in [0.05, 0.1) is 0 Å². The zero-order valence-corrected chi connectivity index (χ0v) is 5.20. The molecule has 0 bridgehead atoms. The summed E-state index contributed by atoms with van der Waals surface area (Å²) in [5, 5.41) is 6.89. The van der Waals surface area contributed by atoms with Crippen molar-refractivity contribution in [1.29, 1.82) is 0 Å². The topological polar surface area (TPSA) is 54.4 Å². The summed E-state index contributed by atoms with van der Waals surface area (Å²) in [5.74, 6) is 0. The van der Waals surface area contributed by atoms with Crippen molar-refractivity contribution in [1.82, 2.24) is 0 Å². The van der Waals surface area contributed by atoms with Gasteiger partial charge in [-0.2, -0.15) is 0 Å². The second-order valence-electron chi connectivity index (χ2n) is 0.105. The summed E-state index contributed by atoms with van der Waals surface area (Å²) in [5.41, 5.74) is 0. The molecule has 0 rings (SSSR count). The first-order valence-corrected chi connectivity index (χ1v) is 1.86. The molecule has 0 saturated heterocycles. The summed E-state index contributed by atoms with van der Waals surface area (Å²) >= 11 is 0.300. The Morgan fingerprint density at radius 1 is 1.60 bits per heavy atom. The Morgan fingerprint density at radius 2 is 1.60 bits per heavy atom. The van der Waals surface area contributed by atoms with Crippen LogP contribution < -0.4 is 0 Å². The number of carbonyl (C=O) groups is 1. The molecule has 0 aliphatic carbocycles. The molecular formula is CH2O3Sn. The first kappa shape index (κ1) is 8.91. The van der Waals surface area contributed by atoms with Crippen LogP contribution in [0.2, 0.25) is 0 Å². The van der Waals surface area contributed by atoms with Crippen LogP contribution in [0.15, 0.2) is 0 Å². The molecule has 0 aliphatic heterocycles. The molecule has 0 fully saturated rings. The van der Waals surface area contributed by atoms with E-state index in [0.29, 0.717) is 22.5 Å². The number of carboxylic acid groups (broad SMARTS) is 1. The van der Waals surface area contributed by atoms with Crippen molar-refractivity contribution >= 4 is 29.0 Å². The number of rotatable bonds is 0. The quantitative estimate of drug-likeness (QED) is 0.393. The Bertz CT molecular complexity index is 20.9. The molecule has 3 nitrogen and oxygen atoms in total. The minimum atomic E-state index is -0.250. The molecule has 5 heavy (non-hydrogen) atoms. The Balaban J connectivity index is 0. The van der Waals surface area contributed by atoms with Gasteiger partial charge in [0, 0.05) is 0 Å². The third-order valence-corrected chi connectivity index (χ3v) is 0. The Hall–Kier alpha value is 0.0687. The van der Waals surface area contributed by atoms with Crippen LogP contribution in [0, 0.1) is 0 Å². The van der Waals surface area contributed by atoms with E-state index >= 15 is 0 Å². The van der Waals surface area contributed by atoms with Gasteiger partial charge in [0.1, 0.15) is 0 Å². The number of hydrogen-bond donors (Lipinski definition) is 1. The summed E-state index contributed by atoms with van der Waals surface area (Å²) in [6.07, 6.45) is 0. The molecule has 0 aromatic rings. The van der Waals surface area contributed by atoms with Gasteiger partial charge in [0.25, 0.3) is 6.47 Å². The van der Waals surface area contributed by atoms with Gasteiger partial charge in [-0.15, -0.1) is 0 Å². The summed E-state index contributed by atoms with van der Waals surface area (Å²) in [4.78, 5) is 8.36. The average molecular weight is 181 g/mol. The van der Waals surface area contributed by atoms with Crippen LogP contribution in [0.3, 0.4) is 0 Å². The molecule has 0 saturated carbocycles. The van der Waals surface area contributed by atoms with Crippen molar-refractivity contribution in [2.24, 2.45) is 0 Å². The van der Waals surface area contributed by atoms with E-state index in [1.165, 1.54) is 0 Å². The zero-order chi connectivity index (χ0) is 4.71. The van der Waals surface area contributed by atoms with Crippen LogP contribution in [0.1, 0.15) is 0 Å². The summed E-state index contributed by atoms with van der Waals surface area (Å²) in [6.45, 7) is -0.250. The number of hydrogen-bond acceptors (Lipinski definition) is 2. The van der Waals surface area contributed by atoms with Crippen LogP contribution in [-0.2, 0) is 7.87 Å². The van der Waals surface area contributed by atoms with E-state index in [2.05, 4.69) is 0 Å². The second kappa shape index (κ2) is 33.5. The fourth-order valence-electron chi connectivity index (χ4n) is 0. The first-order chi connectivity index (χ1) is 2.41. The van der Waals surface area contributed by atoms with E-state index in [1.807, 2.05) is 0 Å². The molecule has 28 valence electrons. The van der Waals surface area contributed by atoms with Crippen LogP contribution in [0.4, 0.5) is 0 Å². The van der Waals surface area contributed by atoms with Crippen LogP contribution in [0.5, 0.6) is 0 Å². The zero-order valence-electron chi connectivity index (χ0n) is 2.34. The molecular weight excluding hydrogens is 179 g/mol. The van der Waals surface area contributed by atoms with Gasteiger partial charge in [-0.3, -0.25) is 4.79 Å². The molecule has 0 aliphatic rings. The van der Waals surface area contributed by atoms with Gasteiger partial charge < -0.3 is 5.11 Å². The van der Waals surface area contributed by atoms with Gasteiger partial charge in [-0.25, -0.2) is 0 Å². The molecule has 0 heterocycles. The second-order valence-corrected chi connectivity index (χ2v) is 0.105. The average Bonchev–Trinajstić information content (AvgIpc) is 1.46. The fourth-order valence-corrected chi connectivity index (χ4v) is 0. The van der Waals surface area contributed by atoms with Crippen molar-refractivity contribution in [2.45, 2.75) is 0 Å². The molecule has 0 atom stereocenters. The van der Waals surface area contributed by atoms with Crippen LogP contribution in [-0.4, -0.2) is 34.1 Å². The van der Waals surface area contributed by atoms with Crippen molar-refractivity contribution in [3.8, 4) is 0 Å². The molecule has 0 unspecified atom stereocenters. The van der Waals surface area contributed by atoms with Crippen molar-refractivity contribution < 1.29 is 13.0 Å². The Labute approximate surface area is 42.5 Å². The SMILES string of the molecule is O=CO.[O]=[Sn]. The van der Waals surface area contributed by atoms with Crippen molar-refractivity contribution in [2.75, 3.05) is 0 Å². The first-order valence-electron chi connectivity index (χ1n) is 0.698. The molecule has 0 amide bonds. The minimum absolute atomic E-state index is 0.250. The predicted octanol–water partition coefficient (Wildman–Crippen LogP) is -0.799. The Kier molecular flexibility index (Phi) is 59.8. The molecule has 1 N–H and O–H groups in total. The summed E-state index contributed by atoms with van der Waals surface area (Å²) in [6, 6.07) is 0. The third-order valence-electron chi connectivity index (χ3n) is 0. The molecule has 0 spiro atoms. The van der Waals surface area contributed by atoms with Gasteiger partial charge in [-0.05, 0) is 0 Å². The van der Waals surface area contributed by atoms with E-state index in [1.54, 1.807) is 0 Å². The molecule has 4 heteroatoms. The molecule has 2 radical (unpaired) electrons. The van der Waals surface area contributed by atoms with Crippen molar-refractivity contribution in [3.63, 3.8) is 0 Å². The molecule has 0 aromatic heterocycles. The standard InChI is InChI=1S/CH2O2.O.Sn/c2-1-3;;/h1H,(H,2,3);;. The summed E-state index contributed by atoms with van der Waals surface area (Å²) < 4.78 is 8.34. The van der Waals surface area contributed by atoms with Gasteiger partial charge in [-0.1, -0.05) is 0 Å². The normalized spacial score (nSPS) is 3.20. The van der Waals surface area contributed by atoms with E-state index in [4.69, 9.17) is 13.0 Å². The fraction of sp³-hybridized carbons (Fsp3) is 0. The Morgan fingerprint density at radius 3 is 1.60 bits per heavy atom. The van der Waals surface area contributed by atoms with Gasteiger partial charge in [0.15, 0.2) is 0 Å². The molecule has 0 aromatic carbocycles. The maximum absolute atomic E-state index is 8.36. The monoisotopic (exact) mass is 182 g/mol. The van der Waals surface area contributed by atoms with E-state index < -0.39 is 0 Å². The van der Waals surface area contributed by atoms with Gasteiger partial charge >= 0.3 is 25.6 Å². The summed E-state index contributed by atoms with van der Waals surface area (Å²) in [7, 11) is 0. The van der Waals surface area contributed by atoms with Crippen LogP contribution in [0.25, 0.3) is 0 Å². The van der Waals surface area contributed by atoms with E-state index in [0.717, 1.165) is 0 Å². The van der Waals surface area contributed by atoms with E-state index in [9.17, 15) is 0 Å². The van der Waals surface area contributed by atoms with Gasteiger partial charge in [0.2, 0.25) is 0 Å². The maximum atomic E-state index is 8.36. The third kappa shape index (κ3) is 3690. The van der Waals surface area contributed by atoms with Crippen LogP contribution >= 0.6 is 0 Å². The van der Waals surface area contributed by atoms with Crippen molar-refractivity contribution in [3.05, 3.63) is 0 Å². The van der Waals surface area contributed by atoms with E-state index in [-0.39, 0.29) is 6.47 Å².